The number of hydrogen-bond acceptors (Lipinski definition) is 3. The minimum atomic E-state index is -0.466. The quantitative estimate of drug-likeness (QED) is 0.678. The summed E-state index contributed by atoms with van der Waals surface area (Å²) in [6.07, 6.45) is 0.973. The van der Waals surface area contributed by atoms with Gasteiger partial charge >= 0.3 is 0 Å². The van der Waals surface area contributed by atoms with Crippen molar-refractivity contribution in [3.05, 3.63) is 0 Å². The smallest absolute Gasteiger partial charge is 0.244 e. The first-order valence-electron chi connectivity index (χ1n) is 6.20. The molecule has 0 bridgehead atoms. The first-order valence-corrected chi connectivity index (χ1v) is 6.20. The molecule has 0 aliphatic carbocycles. The van der Waals surface area contributed by atoms with Crippen LogP contribution in [-0.4, -0.2) is 48.9 Å². The van der Waals surface area contributed by atoms with Crippen LogP contribution in [0.5, 0.6) is 0 Å². The first kappa shape index (κ1) is 15.9. The summed E-state index contributed by atoms with van der Waals surface area (Å²) in [5.41, 5.74) is 0. The zero-order valence-corrected chi connectivity index (χ0v) is 11.5. The van der Waals surface area contributed by atoms with Gasteiger partial charge in [0.05, 0.1) is 6.54 Å². The van der Waals surface area contributed by atoms with Gasteiger partial charge in [0.1, 0.15) is 6.04 Å². The van der Waals surface area contributed by atoms with Gasteiger partial charge in [-0.2, -0.15) is 0 Å². The molecule has 0 fully saturated rings. The molecule has 2 atom stereocenters. The Morgan fingerprint density at radius 1 is 1.24 bits per heavy atom. The van der Waals surface area contributed by atoms with E-state index in [1.54, 1.807) is 18.9 Å². The summed E-state index contributed by atoms with van der Waals surface area (Å²) in [6, 6.07) is -0.156. The average molecular weight is 243 g/mol. The molecule has 2 unspecified atom stereocenters. The Hall–Kier alpha value is -1.10. The van der Waals surface area contributed by atoms with Gasteiger partial charge in [0.15, 0.2) is 0 Å². The number of hydrogen-bond donors (Lipinski definition) is 2. The Kier molecular flexibility index (Phi) is 7.54. The van der Waals surface area contributed by atoms with Crippen LogP contribution in [-0.2, 0) is 9.59 Å². The number of amides is 2. The van der Waals surface area contributed by atoms with E-state index < -0.39 is 6.04 Å². The minimum absolute atomic E-state index is 0.0654. The van der Waals surface area contributed by atoms with E-state index in [2.05, 4.69) is 17.6 Å². The normalized spacial score (nSPS) is 13.9. The van der Waals surface area contributed by atoms with Crippen LogP contribution in [0.1, 0.15) is 34.1 Å². The van der Waals surface area contributed by atoms with Gasteiger partial charge in [0.25, 0.3) is 0 Å². The summed E-state index contributed by atoms with van der Waals surface area (Å²) in [7, 11) is 1.72. The van der Waals surface area contributed by atoms with Crippen LogP contribution in [0.3, 0.4) is 0 Å². The SMILES string of the molecule is CCC(C)NCC(=O)NC(C)C(=O)N(C)CC. The fraction of sp³-hybridized carbons (Fsp3) is 0.833. The van der Waals surface area contributed by atoms with Crippen molar-refractivity contribution in [2.45, 2.75) is 46.2 Å². The van der Waals surface area contributed by atoms with Gasteiger partial charge in [-0.25, -0.2) is 0 Å². The van der Waals surface area contributed by atoms with Gasteiger partial charge in [-0.15, -0.1) is 0 Å². The molecule has 5 nitrogen and oxygen atoms in total. The second-order valence-corrected chi connectivity index (χ2v) is 4.33. The first-order chi connectivity index (χ1) is 7.92. The topological polar surface area (TPSA) is 61.4 Å². The Morgan fingerprint density at radius 3 is 2.29 bits per heavy atom. The van der Waals surface area contributed by atoms with E-state index in [1.165, 1.54) is 0 Å². The molecule has 2 amide bonds. The predicted octanol–water partition coefficient (Wildman–Crippen LogP) is 0.358. The third-order valence-corrected chi connectivity index (χ3v) is 2.82. The fourth-order valence-electron chi connectivity index (χ4n) is 1.25. The molecular formula is C12H25N3O2. The highest BCUT2D eigenvalue weighted by atomic mass is 16.2. The lowest BCUT2D eigenvalue weighted by Gasteiger charge is -2.21. The molecule has 5 heteroatoms. The summed E-state index contributed by atoms with van der Waals surface area (Å²) < 4.78 is 0. The maximum absolute atomic E-state index is 11.7. The van der Waals surface area contributed by atoms with Gasteiger partial charge in [-0.05, 0) is 27.2 Å². The highest BCUT2D eigenvalue weighted by Crippen LogP contribution is 1.92. The molecular weight excluding hydrogens is 218 g/mol. The lowest BCUT2D eigenvalue weighted by atomic mass is 10.2. The molecule has 0 aliphatic heterocycles. The van der Waals surface area contributed by atoms with Crippen molar-refractivity contribution in [3.63, 3.8) is 0 Å². The molecule has 0 aliphatic rings. The zero-order chi connectivity index (χ0) is 13.4. The Bertz CT molecular complexity index is 256. The van der Waals surface area contributed by atoms with Crippen molar-refractivity contribution >= 4 is 11.8 Å². The summed E-state index contributed by atoms with van der Waals surface area (Å²) >= 11 is 0. The maximum atomic E-state index is 11.7. The highest BCUT2D eigenvalue weighted by molar-refractivity contribution is 5.87. The van der Waals surface area contributed by atoms with Crippen LogP contribution in [0, 0.1) is 0 Å². The lowest BCUT2D eigenvalue weighted by molar-refractivity contribution is -0.134. The summed E-state index contributed by atoms with van der Waals surface area (Å²) in [4.78, 5) is 24.8. The third-order valence-electron chi connectivity index (χ3n) is 2.82. The van der Waals surface area contributed by atoms with Crippen LogP contribution >= 0.6 is 0 Å². The van der Waals surface area contributed by atoms with E-state index in [0.717, 1.165) is 6.42 Å². The van der Waals surface area contributed by atoms with Gasteiger partial charge < -0.3 is 15.5 Å². The average Bonchev–Trinajstić information content (AvgIpc) is 2.33. The van der Waals surface area contributed by atoms with Crippen molar-refractivity contribution < 1.29 is 9.59 Å². The van der Waals surface area contributed by atoms with Crippen molar-refractivity contribution in [2.24, 2.45) is 0 Å². The molecule has 0 radical (unpaired) electrons. The van der Waals surface area contributed by atoms with Crippen molar-refractivity contribution in [1.29, 1.82) is 0 Å². The molecule has 100 valence electrons. The molecule has 0 heterocycles. The third kappa shape index (κ3) is 6.26. The van der Waals surface area contributed by atoms with Crippen molar-refractivity contribution in [2.75, 3.05) is 20.1 Å². The van der Waals surface area contributed by atoms with Crippen molar-refractivity contribution in [3.8, 4) is 0 Å². The monoisotopic (exact) mass is 243 g/mol. The second-order valence-electron chi connectivity index (χ2n) is 4.33. The minimum Gasteiger partial charge on any atom is -0.344 e. The maximum Gasteiger partial charge on any atom is 0.244 e. The summed E-state index contributed by atoms with van der Waals surface area (Å²) in [5, 5.41) is 5.76. The Morgan fingerprint density at radius 2 is 1.82 bits per heavy atom. The highest BCUT2D eigenvalue weighted by Gasteiger charge is 2.18. The number of carbonyl (C=O) groups excluding carboxylic acids is 2. The number of nitrogens with one attached hydrogen (secondary N) is 2. The predicted molar refractivity (Wildman–Crippen MR) is 68.7 cm³/mol. The van der Waals surface area contributed by atoms with Gasteiger partial charge in [0, 0.05) is 19.6 Å². The van der Waals surface area contributed by atoms with Gasteiger partial charge in [-0.1, -0.05) is 6.92 Å². The van der Waals surface area contributed by atoms with E-state index in [1.807, 2.05) is 13.8 Å². The van der Waals surface area contributed by atoms with Crippen LogP contribution in [0.25, 0.3) is 0 Å². The largest absolute Gasteiger partial charge is 0.344 e. The molecule has 0 spiro atoms. The van der Waals surface area contributed by atoms with E-state index in [0.29, 0.717) is 12.6 Å². The van der Waals surface area contributed by atoms with E-state index >= 15 is 0 Å². The molecule has 0 saturated carbocycles. The standard InChI is InChI=1S/C12H25N3O2/c1-6-9(3)13-8-11(16)14-10(4)12(17)15(5)7-2/h9-10,13H,6-8H2,1-5H3,(H,14,16). The van der Waals surface area contributed by atoms with Crippen LogP contribution in [0.15, 0.2) is 0 Å². The van der Waals surface area contributed by atoms with E-state index in [9.17, 15) is 9.59 Å². The summed E-state index contributed by atoms with van der Waals surface area (Å²) in [6.45, 7) is 8.57. The van der Waals surface area contributed by atoms with Crippen LogP contribution < -0.4 is 10.6 Å². The molecule has 2 N–H and O–H groups in total. The fourth-order valence-corrected chi connectivity index (χ4v) is 1.25. The number of likely N-dealkylation sites (N-methyl/N-ethyl adjacent to an activating group) is 1. The number of carbonyl (C=O) groups is 2. The molecule has 0 aromatic heterocycles. The van der Waals surface area contributed by atoms with Gasteiger partial charge in [-0.3, -0.25) is 9.59 Å². The Balaban J connectivity index is 3.99. The van der Waals surface area contributed by atoms with Gasteiger partial charge in [0.2, 0.25) is 11.8 Å². The molecule has 0 rings (SSSR count). The lowest BCUT2D eigenvalue weighted by Crippen LogP contribution is -2.48. The van der Waals surface area contributed by atoms with Crippen molar-refractivity contribution in [1.82, 2.24) is 15.5 Å². The molecule has 0 aromatic rings. The molecule has 0 aromatic carbocycles. The van der Waals surface area contributed by atoms with E-state index in [-0.39, 0.29) is 18.4 Å². The second kappa shape index (κ2) is 8.06. The zero-order valence-electron chi connectivity index (χ0n) is 11.5. The van der Waals surface area contributed by atoms with Crippen LogP contribution in [0.2, 0.25) is 0 Å². The molecule has 0 saturated heterocycles. The molecule has 17 heavy (non-hydrogen) atoms. The Labute approximate surface area is 104 Å². The van der Waals surface area contributed by atoms with Crippen LogP contribution in [0.4, 0.5) is 0 Å². The number of rotatable bonds is 7. The van der Waals surface area contributed by atoms with E-state index in [4.69, 9.17) is 0 Å². The summed E-state index contributed by atoms with van der Waals surface area (Å²) in [5.74, 6) is -0.208. The number of nitrogens with zero attached hydrogens (tertiary/aromatic N) is 1.